The van der Waals surface area contributed by atoms with Crippen molar-refractivity contribution in [3.8, 4) is 0 Å². The van der Waals surface area contributed by atoms with Gasteiger partial charge in [0.2, 0.25) is 11.8 Å². The monoisotopic (exact) mass is 185 g/mol. The van der Waals surface area contributed by atoms with Crippen molar-refractivity contribution in [1.29, 1.82) is 0 Å². The van der Waals surface area contributed by atoms with Crippen LogP contribution in [0, 0.1) is 0 Å². The van der Waals surface area contributed by atoms with Gasteiger partial charge in [-0.1, -0.05) is 6.58 Å². The molecule has 1 aliphatic heterocycles. The number of hydrogen-bond acceptors (Lipinski definition) is 3. The molecule has 0 radical (unpaired) electrons. The second kappa shape index (κ2) is 3.31. The summed E-state index contributed by atoms with van der Waals surface area (Å²) in [5, 5.41) is -0.236. The average Bonchev–Trinajstić information content (AvgIpc) is 2.17. The molecule has 0 aromatic carbocycles. The van der Waals surface area contributed by atoms with E-state index in [1.807, 2.05) is 6.92 Å². The van der Waals surface area contributed by atoms with Crippen molar-refractivity contribution in [2.45, 2.75) is 18.6 Å². The third-order valence-corrected chi connectivity index (χ3v) is 2.74. The number of carbonyl (C=O) groups excluding carboxylic acids is 2. The van der Waals surface area contributed by atoms with E-state index in [0.29, 0.717) is 6.42 Å². The van der Waals surface area contributed by atoms with Crippen molar-refractivity contribution >= 4 is 23.6 Å². The fourth-order valence-electron chi connectivity index (χ4n) is 1.06. The molecule has 0 spiro atoms. The van der Waals surface area contributed by atoms with Gasteiger partial charge in [0.05, 0.1) is 5.25 Å². The predicted molar refractivity (Wildman–Crippen MR) is 48.6 cm³/mol. The summed E-state index contributed by atoms with van der Waals surface area (Å²) >= 11 is 1.37. The van der Waals surface area contributed by atoms with Crippen LogP contribution >= 0.6 is 11.8 Å². The SMILES string of the molecule is C=C(C)SC1CC(=O)N(C)C1=O. The first-order chi connectivity index (χ1) is 5.52. The largest absolute Gasteiger partial charge is 0.285 e. The van der Waals surface area contributed by atoms with Crippen molar-refractivity contribution < 1.29 is 9.59 Å². The van der Waals surface area contributed by atoms with Crippen LogP contribution < -0.4 is 0 Å². The number of allylic oxidation sites excluding steroid dienone is 1. The van der Waals surface area contributed by atoms with E-state index in [-0.39, 0.29) is 17.1 Å². The minimum atomic E-state index is -0.236. The van der Waals surface area contributed by atoms with Crippen molar-refractivity contribution in [3.63, 3.8) is 0 Å². The standard InChI is InChI=1S/C8H11NO2S/c1-5(2)12-6-4-7(10)9(3)8(6)11/h6H,1,4H2,2-3H3. The Morgan fingerprint density at radius 2 is 2.25 bits per heavy atom. The maximum atomic E-state index is 11.3. The van der Waals surface area contributed by atoms with Crippen LogP contribution in [0.5, 0.6) is 0 Å². The van der Waals surface area contributed by atoms with Crippen LogP contribution in [0.15, 0.2) is 11.5 Å². The van der Waals surface area contributed by atoms with Gasteiger partial charge in [0, 0.05) is 13.5 Å². The number of nitrogens with zero attached hydrogens (tertiary/aromatic N) is 1. The predicted octanol–water partition coefficient (Wildman–Crippen LogP) is 1.01. The number of hydrogen-bond donors (Lipinski definition) is 0. The number of carbonyl (C=O) groups is 2. The average molecular weight is 185 g/mol. The van der Waals surface area contributed by atoms with Gasteiger partial charge in [0.25, 0.3) is 0 Å². The van der Waals surface area contributed by atoms with Crippen molar-refractivity contribution in [1.82, 2.24) is 4.90 Å². The van der Waals surface area contributed by atoms with Crippen molar-refractivity contribution in [3.05, 3.63) is 11.5 Å². The molecule has 1 unspecified atom stereocenters. The summed E-state index contributed by atoms with van der Waals surface area (Å²) in [6, 6.07) is 0. The zero-order chi connectivity index (χ0) is 9.30. The Morgan fingerprint density at radius 3 is 2.58 bits per heavy atom. The molecule has 0 bridgehead atoms. The van der Waals surface area contributed by atoms with Gasteiger partial charge in [-0.3, -0.25) is 14.5 Å². The van der Waals surface area contributed by atoms with E-state index in [0.717, 1.165) is 4.91 Å². The van der Waals surface area contributed by atoms with Gasteiger partial charge in [-0.2, -0.15) is 0 Å². The van der Waals surface area contributed by atoms with Crippen molar-refractivity contribution in [2.75, 3.05) is 7.05 Å². The van der Waals surface area contributed by atoms with Gasteiger partial charge in [-0.05, 0) is 11.8 Å². The Kier molecular flexibility index (Phi) is 2.57. The van der Waals surface area contributed by atoms with E-state index >= 15 is 0 Å². The summed E-state index contributed by atoms with van der Waals surface area (Å²) in [5.74, 6) is -0.202. The van der Waals surface area contributed by atoms with Gasteiger partial charge in [0.1, 0.15) is 0 Å². The third kappa shape index (κ3) is 1.69. The van der Waals surface area contributed by atoms with Crippen LogP contribution in [0.25, 0.3) is 0 Å². The van der Waals surface area contributed by atoms with Crippen LogP contribution in [-0.4, -0.2) is 29.0 Å². The molecule has 1 saturated heterocycles. The molecule has 0 N–H and O–H groups in total. The first-order valence-corrected chi connectivity index (χ1v) is 4.53. The summed E-state index contributed by atoms with van der Waals surface area (Å²) in [7, 11) is 1.52. The molecule has 1 rings (SSSR count). The number of likely N-dealkylation sites (tertiary alicyclic amines) is 1. The summed E-state index contributed by atoms with van der Waals surface area (Å²) in [5.41, 5.74) is 0. The van der Waals surface area contributed by atoms with Crippen LogP contribution in [0.2, 0.25) is 0 Å². The first-order valence-electron chi connectivity index (χ1n) is 3.65. The topological polar surface area (TPSA) is 37.4 Å². The molecular weight excluding hydrogens is 174 g/mol. The van der Waals surface area contributed by atoms with Gasteiger partial charge in [-0.15, -0.1) is 11.8 Å². The molecule has 0 aromatic rings. The fraction of sp³-hybridized carbons (Fsp3) is 0.500. The molecule has 4 heteroatoms. The molecular formula is C8H11NO2S. The van der Waals surface area contributed by atoms with E-state index in [4.69, 9.17) is 0 Å². The molecule has 12 heavy (non-hydrogen) atoms. The lowest BCUT2D eigenvalue weighted by Crippen LogP contribution is -2.26. The van der Waals surface area contributed by atoms with E-state index in [2.05, 4.69) is 6.58 Å². The number of rotatable bonds is 2. The van der Waals surface area contributed by atoms with E-state index in [9.17, 15) is 9.59 Å². The van der Waals surface area contributed by atoms with Crippen LogP contribution in [0.3, 0.4) is 0 Å². The Morgan fingerprint density at radius 1 is 1.67 bits per heavy atom. The molecule has 1 fully saturated rings. The Bertz CT molecular complexity index is 247. The molecule has 0 saturated carbocycles. The van der Waals surface area contributed by atoms with Gasteiger partial charge in [0.15, 0.2) is 0 Å². The molecule has 1 atom stereocenters. The summed E-state index contributed by atoms with van der Waals surface area (Å²) < 4.78 is 0. The van der Waals surface area contributed by atoms with E-state index < -0.39 is 0 Å². The van der Waals surface area contributed by atoms with Crippen molar-refractivity contribution in [2.24, 2.45) is 0 Å². The smallest absolute Gasteiger partial charge is 0.242 e. The lowest BCUT2D eigenvalue weighted by Gasteiger charge is -2.07. The highest BCUT2D eigenvalue weighted by molar-refractivity contribution is 8.04. The minimum Gasteiger partial charge on any atom is -0.285 e. The van der Waals surface area contributed by atoms with Gasteiger partial charge >= 0.3 is 0 Å². The highest BCUT2D eigenvalue weighted by atomic mass is 32.2. The zero-order valence-electron chi connectivity index (χ0n) is 7.16. The van der Waals surface area contributed by atoms with Crippen LogP contribution in [0.4, 0.5) is 0 Å². The normalized spacial score (nSPS) is 23.5. The second-order valence-electron chi connectivity index (χ2n) is 2.80. The number of thioether (sulfide) groups is 1. The van der Waals surface area contributed by atoms with E-state index in [1.165, 1.54) is 23.7 Å². The highest BCUT2D eigenvalue weighted by Gasteiger charge is 2.36. The summed E-state index contributed by atoms with van der Waals surface area (Å²) in [4.78, 5) is 24.4. The van der Waals surface area contributed by atoms with Crippen LogP contribution in [-0.2, 0) is 9.59 Å². The zero-order valence-corrected chi connectivity index (χ0v) is 7.98. The molecule has 0 aliphatic carbocycles. The molecule has 0 aromatic heterocycles. The highest BCUT2D eigenvalue weighted by Crippen LogP contribution is 2.28. The summed E-state index contributed by atoms with van der Waals surface area (Å²) in [6.07, 6.45) is 0.312. The number of amides is 2. The lowest BCUT2D eigenvalue weighted by molar-refractivity contribution is -0.136. The minimum absolute atomic E-state index is 0.0984. The Balaban J connectivity index is 2.65. The first kappa shape index (κ1) is 9.32. The second-order valence-corrected chi connectivity index (χ2v) is 4.31. The molecule has 1 heterocycles. The van der Waals surface area contributed by atoms with Gasteiger partial charge in [-0.25, -0.2) is 0 Å². The molecule has 2 amide bonds. The lowest BCUT2D eigenvalue weighted by atomic mass is 10.4. The maximum absolute atomic E-state index is 11.3. The Hall–Kier alpha value is -0.770. The Labute approximate surface area is 75.8 Å². The third-order valence-electron chi connectivity index (χ3n) is 1.68. The molecule has 3 nitrogen and oxygen atoms in total. The molecule has 1 aliphatic rings. The fourth-order valence-corrected chi connectivity index (χ4v) is 2.03. The van der Waals surface area contributed by atoms with E-state index in [1.54, 1.807) is 0 Å². The maximum Gasteiger partial charge on any atom is 0.242 e. The van der Waals surface area contributed by atoms with Gasteiger partial charge < -0.3 is 0 Å². The quantitative estimate of drug-likeness (QED) is 0.602. The molecule has 66 valence electrons. The summed E-state index contributed by atoms with van der Waals surface area (Å²) in [6.45, 7) is 5.52. The number of imide groups is 1. The van der Waals surface area contributed by atoms with Crippen LogP contribution in [0.1, 0.15) is 13.3 Å².